The Morgan fingerprint density at radius 3 is 2.72 bits per heavy atom. The normalized spacial score (nSPS) is 46.0. The lowest BCUT2D eigenvalue weighted by molar-refractivity contribution is -0.267. The van der Waals surface area contributed by atoms with Crippen molar-refractivity contribution in [3.8, 4) is 0 Å². The predicted molar refractivity (Wildman–Crippen MR) is 92.5 cm³/mol. The summed E-state index contributed by atoms with van der Waals surface area (Å²) < 4.78 is 24.1. The van der Waals surface area contributed by atoms with E-state index >= 15 is 0 Å². The second kappa shape index (κ2) is 5.12. The molecular weight excluding hydrogens is 318 g/mol. The van der Waals surface area contributed by atoms with Crippen LogP contribution >= 0.6 is 0 Å². The summed E-state index contributed by atoms with van der Waals surface area (Å²) >= 11 is 0. The minimum Gasteiger partial charge on any atom is -0.493 e. The van der Waals surface area contributed by atoms with Crippen LogP contribution in [0.2, 0.25) is 0 Å². The van der Waals surface area contributed by atoms with Gasteiger partial charge >= 0.3 is 0 Å². The summed E-state index contributed by atoms with van der Waals surface area (Å²) in [7, 11) is 7.42. The number of methoxy groups -OCH3 is 3. The molecule has 5 aliphatic rings. The number of nitrogens with zero attached hydrogens (tertiary/aromatic N) is 1. The summed E-state index contributed by atoms with van der Waals surface area (Å²) in [6, 6.07) is 0.539. The van der Waals surface area contributed by atoms with Crippen LogP contribution in [0.25, 0.3) is 0 Å². The van der Waals surface area contributed by atoms with Gasteiger partial charge in [-0.15, -0.1) is 0 Å². The van der Waals surface area contributed by atoms with E-state index in [1.807, 2.05) is 0 Å². The molecule has 0 aromatic rings. The first-order valence-corrected chi connectivity index (χ1v) is 9.24. The Labute approximate surface area is 149 Å². The van der Waals surface area contributed by atoms with E-state index in [0.29, 0.717) is 23.8 Å². The molecule has 1 saturated carbocycles. The SMILES string of the molecule is COC1=C2O[C@H]3C(OC)(OC)C=C[C@H]4[C@H]5CC(C=C1)C2[C@]43CCN5C. The minimum atomic E-state index is -0.831. The molecule has 2 aliphatic heterocycles. The van der Waals surface area contributed by atoms with Crippen LogP contribution in [0.4, 0.5) is 0 Å². The quantitative estimate of drug-likeness (QED) is 0.580. The van der Waals surface area contributed by atoms with Gasteiger partial charge in [0.1, 0.15) is 5.76 Å². The van der Waals surface area contributed by atoms with Crippen molar-refractivity contribution in [1.29, 1.82) is 0 Å². The van der Waals surface area contributed by atoms with E-state index in [4.69, 9.17) is 18.9 Å². The standard InChI is InChI=1S/C20H27NO4/c1-21-10-9-19-13-7-8-20(23-3,24-4)18(19)25-17-15(22-2)6-5-12(16(17)19)11-14(13)21/h5-8,12-14,16,18H,9-11H2,1-4H3/t12?,13-,14+,16?,18+,19-/m0/s1. The van der Waals surface area contributed by atoms with Crippen molar-refractivity contribution in [2.45, 2.75) is 30.8 Å². The summed E-state index contributed by atoms with van der Waals surface area (Å²) in [4.78, 5) is 2.53. The molecule has 3 fully saturated rings. The number of likely N-dealkylation sites (tertiary alicyclic amines) is 1. The highest BCUT2D eigenvalue weighted by Gasteiger charge is 2.73. The third-order valence-corrected chi connectivity index (χ3v) is 7.53. The molecule has 136 valence electrons. The molecule has 5 rings (SSSR count). The van der Waals surface area contributed by atoms with Gasteiger partial charge in [-0.3, -0.25) is 0 Å². The summed E-state index contributed by atoms with van der Waals surface area (Å²) in [6.45, 7) is 1.08. The zero-order chi connectivity index (χ0) is 17.4. The Hall–Kier alpha value is -1.30. The molecule has 3 aliphatic carbocycles. The van der Waals surface area contributed by atoms with E-state index < -0.39 is 5.79 Å². The summed E-state index contributed by atoms with van der Waals surface area (Å²) in [5.41, 5.74) is 0.00470. The average molecular weight is 345 g/mol. The molecular formula is C20H27NO4. The number of hydrogen-bond donors (Lipinski definition) is 0. The smallest absolute Gasteiger partial charge is 0.226 e. The van der Waals surface area contributed by atoms with Crippen molar-refractivity contribution < 1.29 is 18.9 Å². The Balaban J connectivity index is 1.74. The van der Waals surface area contributed by atoms with E-state index in [-0.39, 0.29) is 11.5 Å². The third kappa shape index (κ3) is 1.70. The first-order valence-electron chi connectivity index (χ1n) is 9.24. The molecule has 5 heteroatoms. The second-order valence-electron chi connectivity index (χ2n) is 8.09. The number of allylic oxidation sites excluding steroid dienone is 3. The van der Waals surface area contributed by atoms with Crippen LogP contribution in [-0.4, -0.2) is 57.8 Å². The predicted octanol–water partition coefficient (Wildman–Crippen LogP) is 2.31. The Morgan fingerprint density at radius 1 is 1.20 bits per heavy atom. The molecule has 25 heavy (non-hydrogen) atoms. The zero-order valence-electron chi connectivity index (χ0n) is 15.4. The second-order valence-corrected chi connectivity index (χ2v) is 8.09. The van der Waals surface area contributed by atoms with Gasteiger partial charge in [0.25, 0.3) is 0 Å². The topological polar surface area (TPSA) is 40.2 Å². The molecule has 6 atom stereocenters. The lowest BCUT2D eigenvalue weighted by Crippen LogP contribution is -2.68. The third-order valence-electron chi connectivity index (χ3n) is 7.53. The Kier molecular flexibility index (Phi) is 3.26. The van der Waals surface area contributed by atoms with Crippen molar-refractivity contribution in [2.24, 2.45) is 23.2 Å². The fourth-order valence-corrected chi connectivity index (χ4v) is 6.44. The van der Waals surface area contributed by atoms with Crippen LogP contribution in [0.5, 0.6) is 0 Å². The molecule has 5 nitrogen and oxygen atoms in total. The fourth-order valence-electron chi connectivity index (χ4n) is 6.44. The van der Waals surface area contributed by atoms with E-state index in [1.54, 1.807) is 21.3 Å². The number of rotatable bonds is 3. The van der Waals surface area contributed by atoms with Gasteiger partial charge in [0, 0.05) is 37.5 Å². The average Bonchev–Trinajstić information content (AvgIpc) is 3.00. The van der Waals surface area contributed by atoms with Crippen LogP contribution in [-0.2, 0) is 18.9 Å². The monoisotopic (exact) mass is 345 g/mol. The highest BCUT2D eigenvalue weighted by Crippen LogP contribution is 2.68. The molecule has 2 saturated heterocycles. The maximum absolute atomic E-state index is 6.65. The van der Waals surface area contributed by atoms with Crippen LogP contribution in [0.1, 0.15) is 12.8 Å². The minimum absolute atomic E-state index is 0.00470. The Morgan fingerprint density at radius 2 is 2.00 bits per heavy atom. The molecule has 2 unspecified atom stereocenters. The first kappa shape index (κ1) is 15.9. The largest absolute Gasteiger partial charge is 0.493 e. The number of piperidine rings is 1. The zero-order valence-corrected chi connectivity index (χ0v) is 15.4. The van der Waals surface area contributed by atoms with E-state index in [1.165, 1.54) is 0 Å². The highest BCUT2D eigenvalue weighted by molar-refractivity contribution is 5.39. The van der Waals surface area contributed by atoms with Gasteiger partial charge in [-0.2, -0.15) is 0 Å². The van der Waals surface area contributed by atoms with Crippen LogP contribution in [0, 0.1) is 23.2 Å². The molecule has 0 aromatic carbocycles. The highest BCUT2D eigenvalue weighted by atomic mass is 16.7. The molecule has 0 amide bonds. The van der Waals surface area contributed by atoms with Crippen molar-refractivity contribution in [1.82, 2.24) is 4.90 Å². The van der Waals surface area contributed by atoms with Gasteiger partial charge in [-0.05, 0) is 44.5 Å². The first-order chi connectivity index (χ1) is 12.1. The number of hydrogen-bond acceptors (Lipinski definition) is 5. The molecule has 0 N–H and O–H groups in total. The van der Waals surface area contributed by atoms with Crippen molar-refractivity contribution in [2.75, 3.05) is 34.9 Å². The van der Waals surface area contributed by atoms with Gasteiger partial charge in [-0.25, -0.2) is 0 Å². The van der Waals surface area contributed by atoms with Crippen LogP contribution in [0.15, 0.2) is 35.8 Å². The van der Waals surface area contributed by atoms with Crippen LogP contribution in [0.3, 0.4) is 0 Å². The van der Waals surface area contributed by atoms with Crippen molar-refractivity contribution >= 4 is 0 Å². The van der Waals surface area contributed by atoms with E-state index in [2.05, 4.69) is 36.3 Å². The molecule has 1 spiro atoms. The van der Waals surface area contributed by atoms with E-state index in [9.17, 15) is 0 Å². The molecule has 2 bridgehead atoms. The maximum atomic E-state index is 6.65. The fraction of sp³-hybridized carbons (Fsp3) is 0.700. The summed E-state index contributed by atoms with van der Waals surface area (Å²) in [5, 5.41) is 0. The van der Waals surface area contributed by atoms with Crippen molar-refractivity contribution in [3.63, 3.8) is 0 Å². The lowest BCUT2D eigenvalue weighted by Gasteiger charge is -2.61. The molecule has 0 aromatic heterocycles. The van der Waals surface area contributed by atoms with Gasteiger partial charge in [0.05, 0.1) is 7.11 Å². The van der Waals surface area contributed by atoms with Gasteiger partial charge in [0.2, 0.25) is 5.79 Å². The van der Waals surface area contributed by atoms with Crippen molar-refractivity contribution in [3.05, 3.63) is 35.8 Å². The van der Waals surface area contributed by atoms with E-state index in [0.717, 1.165) is 30.9 Å². The Bertz CT molecular complexity index is 679. The summed E-state index contributed by atoms with van der Waals surface area (Å²) in [6.07, 6.45) is 11.0. The molecule has 0 radical (unpaired) electrons. The lowest BCUT2D eigenvalue weighted by atomic mass is 9.47. The maximum Gasteiger partial charge on any atom is 0.226 e. The van der Waals surface area contributed by atoms with Gasteiger partial charge in [-0.1, -0.05) is 12.2 Å². The summed E-state index contributed by atoms with van der Waals surface area (Å²) in [5.74, 6) is 2.33. The molecule has 2 heterocycles. The van der Waals surface area contributed by atoms with Crippen LogP contribution < -0.4 is 0 Å². The van der Waals surface area contributed by atoms with Gasteiger partial charge in [0.15, 0.2) is 11.9 Å². The number of ether oxygens (including phenoxy) is 4. The van der Waals surface area contributed by atoms with Gasteiger partial charge < -0.3 is 23.8 Å².